The van der Waals surface area contributed by atoms with Crippen molar-refractivity contribution in [2.45, 2.75) is 52.0 Å². The number of nitrogens with zero attached hydrogens (tertiary/aromatic N) is 2. The number of halogens is 1. The van der Waals surface area contributed by atoms with Crippen LogP contribution in [0.25, 0.3) is 0 Å². The molecule has 1 heterocycles. The Bertz CT molecular complexity index is 720. The molecule has 0 bridgehead atoms. The van der Waals surface area contributed by atoms with Gasteiger partial charge in [0, 0.05) is 56.1 Å². The molecule has 1 aromatic carbocycles. The number of benzene rings is 1. The first-order chi connectivity index (χ1) is 15.2. The van der Waals surface area contributed by atoms with Crippen LogP contribution in [-0.4, -0.2) is 67.1 Å². The molecule has 0 unspecified atom stereocenters. The Balaban J connectivity index is 0.00000363. The quantitative estimate of drug-likeness (QED) is 0.212. The third-order valence-electron chi connectivity index (χ3n) is 6.01. The van der Waals surface area contributed by atoms with Crippen molar-refractivity contribution in [1.29, 1.82) is 0 Å². The Morgan fingerprint density at radius 3 is 2.59 bits per heavy atom. The second kappa shape index (κ2) is 14.9. The minimum absolute atomic E-state index is 0. The lowest BCUT2D eigenvalue weighted by atomic mass is 9.85. The standard InChI is InChI=1S/C24H38N4O2S.HI/c1-3-25-24(26-13-6-16-30-22-8-5-4-7-19(22)2)27-21-11-9-20(10-12-21)23(29)28-14-17-31-18-15-28;/h4-5,7-8,20-21H,3,6,9-18H2,1-2H3,(H2,25,26,27);1H. The van der Waals surface area contributed by atoms with Crippen LogP contribution in [0.2, 0.25) is 0 Å². The number of aliphatic imine (C=N–C) groups is 1. The maximum Gasteiger partial charge on any atom is 0.225 e. The number of hydrogen-bond acceptors (Lipinski definition) is 4. The fourth-order valence-corrected chi connectivity index (χ4v) is 5.10. The second-order valence-electron chi connectivity index (χ2n) is 8.36. The number of para-hydroxylation sites is 1. The summed E-state index contributed by atoms with van der Waals surface area (Å²) in [6.07, 6.45) is 4.88. The summed E-state index contributed by atoms with van der Waals surface area (Å²) in [6, 6.07) is 8.49. The Hall–Kier alpha value is -1.16. The van der Waals surface area contributed by atoms with Gasteiger partial charge in [-0.05, 0) is 51.2 Å². The van der Waals surface area contributed by atoms with Gasteiger partial charge >= 0.3 is 0 Å². The van der Waals surface area contributed by atoms with Gasteiger partial charge in [0.15, 0.2) is 5.96 Å². The molecule has 1 aliphatic heterocycles. The lowest BCUT2D eigenvalue weighted by Crippen LogP contribution is -2.47. The SMILES string of the molecule is CCNC(=NCCCOc1ccccc1C)NC1CCC(C(=O)N2CCSCC2)CC1.I. The molecule has 6 nitrogen and oxygen atoms in total. The number of carbonyl (C=O) groups excluding carboxylic acids is 1. The van der Waals surface area contributed by atoms with Crippen LogP contribution in [0.5, 0.6) is 5.75 Å². The van der Waals surface area contributed by atoms with E-state index in [0.717, 1.165) is 87.1 Å². The van der Waals surface area contributed by atoms with Crippen molar-refractivity contribution in [3.05, 3.63) is 29.8 Å². The van der Waals surface area contributed by atoms with Gasteiger partial charge in [-0.3, -0.25) is 9.79 Å². The first kappa shape index (κ1) is 27.1. The molecule has 1 amide bonds. The Morgan fingerprint density at radius 1 is 1.19 bits per heavy atom. The third-order valence-corrected chi connectivity index (χ3v) is 6.95. The normalized spacial score (nSPS) is 21.4. The molecule has 180 valence electrons. The van der Waals surface area contributed by atoms with E-state index in [-0.39, 0.29) is 29.9 Å². The zero-order valence-corrected chi connectivity index (χ0v) is 22.6. The average molecular weight is 575 g/mol. The molecule has 0 aromatic heterocycles. The van der Waals surface area contributed by atoms with E-state index in [9.17, 15) is 4.79 Å². The lowest BCUT2D eigenvalue weighted by Gasteiger charge is -2.34. The van der Waals surface area contributed by atoms with Gasteiger partial charge in [0.25, 0.3) is 0 Å². The molecule has 0 atom stereocenters. The molecular weight excluding hydrogens is 535 g/mol. The van der Waals surface area contributed by atoms with Crippen molar-refractivity contribution in [3.8, 4) is 5.75 Å². The van der Waals surface area contributed by atoms with E-state index in [2.05, 4.69) is 35.4 Å². The molecular formula is C24H39IN4O2S. The van der Waals surface area contributed by atoms with Gasteiger partial charge < -0.3 is 20.3 Å². The van der Waals surface area contributed by atoms with Gasteiger partial charge in [-0.25, -0.2) is 0 Å². The summed E-state index contributed by atoms with van der Waals surface area (Å²) in [5.41, 5.74) is 1.16. The summed E-state index contributed by atoms with van der Waals surface area (Å²) >= 11 is 1.95. The number of hydrogen-bond donors (Lipinski definition) is 2. The van der Waals surface area contributed by atoms with Gasteiger partial charge in [-0.2, -0.15) is 11.8 Å². The molecule has 1 aliphatic carbocycles. The summed E-state index contributed by atoms with van der Waals surface area (Å²) in [6.45, 7) is 8.23. The molecule has 0 spiro atoms. The Labute approximate surface area is 214 Å². The topological polar surface area (TPSA) is 66.0 Å². The van der Waals surface area contributed by atoms with E-state index in [1.165, 1.54) is 0 Å². The van der Waals surface area contributed by atoms with Crippen LogP contribution in [-0.2, 0) is 4.79 Å². The molecule has 1 saturated heterocycles. The molecule has 1 aromatic rings. The lowest BCUT2D eigenvalue weighted by molar-refractivity contribution is -0.136. The number of guanidine groups is 1. The molecule has 3 rings (SSSR count). The Kier molecular flexibility index (Phi) is 12.6. The van der Waals surface area contributed by atoms with Crippen LogP contribution in [0, 0.1) is 12.8 Å². The van der Waals surface area contributed by atoms with Crippen molar-refractivity contribution < 1.29 is 9.53 Å². The van der Waals surface area contributed by atoms with Gasteiger partial charge in [0.1, 0.15) is 5.75 Å². The van der Waals surface area contributed by atoms with E-state index in [1.807, 2.05) is 30.0 Å². The summed E-state index contributed by atoms with van der Waals surface area (Å²) in [4.78, 5) is 19.6. The fraction of sp³-hybridized carbons (Fsp3) is 0.667. The van der Waals surface area contributed by atoms with E-state index in [4.69, 9.17) is 9.73 Å². The minimum atomic E-state index is 0. The van der Waals surface area contributed by atoms with Crippen LogP contribution in [0.3, 0.4) is 0 Å². The highest BCUT2D eigenvalue weighted by Crippen LogP contribution is 2.27. The molecule has 0 radical (unpaired) electrons. The van der Waals surface area contributed by atoms with Crippen molar-refractivity contribution >= 4 is 47.6 Å². The maximum absolute atomic E-state index is 12.8. The predicted octanol–water partition coefficient (Wildman–Crippen LogP) is 4.07. The van der Waals surface area contributed by atoms with Crippen molar-refractivity contribution in [2.75, 3.05) is 44.3 Å². The zero-order chi connectivity index (χ0) is 21.9. The summed E-state index contributed by atoms with van der Waals surface area (Å²) in [5.74, 6) is 4.59. The van der Waals surface area contributed by atoms with E-state index in [1.54, 1.807) is 0 Å². The second-order valence-corrected chi connectivity index (χ2v) is 9.58. The van der Waals surface area contributed by atoms with E-state index >= 15 is 0 Å². The number of carbonyl (C=O) groups is 1. The molecule has 8 heteroatoms. The van der Waals surface area contributed by atoms with Gasteiger partial charge in [-0.15, -0.1) is 24.0 Å². The van der Waals surface area contributed by atoms with Crippen LogP contribution in [0.4, 0.5) is 0 Å². The van der Waals surface area contributed by atoms with Crippen molar-refractivity contribution in [2.24, 2.45) is 10.9 Å². The number of aryl methyl sites for hydroxylation is 1. The van der Waals surface area contributed by atoms with Gasteiger partial charge in [0.2, 0.25) is 5.91 Å². The fourth-order valence-electron chi connectivity index (χ4n) is 4.20. The summed E-state index contributed by atoms with van der Waals surface area (Å²) in [7, 11) is 0. The highest BCUT2D eigenvalue weighted by molar-refractivity contribution is 14.0. The van der Waals surface area contributed by atoms with Crippen molar-refractivity contribution in [1.82, 2.24) is 15.5 Å². The van der Waals surface area contributed by atoms with Crippen LogP contribution in [0.15, 0.2) is 29.3 Å². The Morgan fingerprint density at radius 2 is 1.91 bits per heavy atom. The number of amides is 1. The molecule has 32 heavy (non-hydrogen) atoms. The molecule has 2 aliphatic rings. The average Bonchev–Trinajstić information content (AvgIpc) is 2.80. The predicted molar refractivity (Wildman–Crippen MR) is 145 cm³/mol. The summed E-state index contributed by atoms with van der Waals surface area (Å²) < 4.78 is 5.87. The first-order valence-corrected chi connectivity index (χ1v) is 12.9. The molecule has 2 N–H and O–H groups in total. The van der Waals surface area contributed by atoms with Crippen LogP contribution < -0.4 is 15.4 Å². The summed E-state index contributed by atoms with van der Waals surface area (Å²) in [5, 5.41) is 6.94. The zero-order valence-electron chi connectivity index (χ0n) is 19.5. The molecule has 1 saturated carbocycles. The molecule has 2 fully saturated rings. The minimum Gasteiger partial charge on any atom is -0.493 e. The van der Waals surface area contributed by atoms with Crippen LogP contribution >= 0.6 is 35.7 Å². The highest BCUT2D eigenvalue weighted by Gasteiger charge is 2.30. The smallest absolute Gasteiger partial charge is 0.225 e. The van der Waals surface area contributed by atoms with Crippen LogP contribution in [0.1, 0.15) is 44.6 Å². The highest BCUT2D eigenvalue weighted by atomic mass is 127. The van der Waals surface area contributed by atoms with E-state index in [0.29, 0.717) is 18.6 Å². The number of thioether (sulfide) groups is 1. The van der Waals surface area contributed by atoms with Gasteiger partial charge in [-0.1, -0.05) is 18.2 Å². The maximum atomic E-state index is 12.8. The third kappa shape index (κ3) is 8.65. The largest absolute Gasteiger partial charge is 0.493 e. The van der Waals surface area contributed by atoms with Crippen molar-refractivity contribution in [3.63, 3.8) is 0 Å². The van der Waals surface area contributed by atoms with E-state index < -0.39 is 0 Å². The number of rotatable bonds is 8. The first-order valence-electron chi connectivity index (χ1n) is 11.8. The van der Waals surface area contributed by atoms with Gasteiger partial charge in [0.05, 0.1) is 6.61 Å². The number of nitrogens with one attached hydrogen (secondary N) is 2. The monoisotopic (exact) mass is 574 g/mol. The number of ether oxygens (including phenoxy) is 1.